The molecule has 0 aliphatic heterocycles. The molecular weight excluding hydrogens is 368 g/mol. The molecule has 2 N–H and O–H groups in total. The van der Waals surface area contributed by atoms with Crippen molar-refractivity contribution >= 4 is 11.1 Å². The number of aryl methyl sites for hydroxylation is 1. The first kappa shape index (κ1) is 19.7. The van der Waals surface area contributed by atoms with Crippen molar-refractivity contribution < 1.29 is 14.6 Å². The number of rotatable bonds is 7. The third kappa shape index (κ3) is 4.71. The number of benzene rings is 2. The van der Waals surface area contributed by atoms with Gasteiger partial charge in [0.1, 0.15) is 5.75 Å². The summed E-state index contributed by atoms with van der Waals surface area (Å²) in [5.41, 5.74) is 2.52. The lowest BCUT2D eigenvalue weighted by Crippen LogP contribution is -2.39. The molecular formula is C23H28N2O4. The van der Waals surface area contributed by atoms with Gasteiger partial charge in [-0.1, -0.05) is 24.3 Å². The van der Waals surface area contributed by atoms with Gasteiger partial charge in [-0.2, -0.15) is 0 Å². The van der Waals surface area contributed by atoms with Gasteiger partial charge >= 0.3 is 5.76 Å². The van der Waals surface area contributed by atoms with E-state index < -0.39 is 0 Å². The fraction of sp³-hybridized carbons (Fsp3) is 0.435. The number of aromatic hydroxyl groups is 1. The van der Waals surface area contributed by atoms with Gasteiger partial charge in [0, 0.05) is 25.7 Å². The average molecular weight is 396 g/mol. The highest BCUT2D eigenvalue weighted by molar-refractivity contribution is 5.72. The summed E-state index contributed by atoms with van der Waals surface area (Å²) in [6, 6.07) is 15.3. The number of phenolic OH excluding ortho intramolecular Hbond substituents is 1. The van der Waals surface area contributed by atoms with Crippen molar-refractivity contribution in [1.29, 1.82) is 0 Å². The first-order valence-corrected chi connectivity index (χ1v) is 10.4. The van der Waals surface area contributed by atoms with Crippen molar-refractivity contribution in [2.75, 3.05) is 6.54 Å². The molecule has 6 heteroatoms. The fourth-order valence-corrected chi connectivity index (χ4v) is 4.36. The quantitative estimate of drug-likeness (QED) is 0.639. The minimum absolute atomic E-state index is 0.190. The van der Waals surface area contributed by atoms with Crippen LogP contribution in [-0.2, 0) is 13.1 Å². The van der Waals surface area contributed by atoms with Crippen LogP contribution in [0.3, 0.4) is 0 Å². The summed E-state index contributed by atoms with van der Waals surface area (Å²) in [7, 11) is 0. The summed E-state index contributed by atoms with van der Waals surface area (Å²) >= 11 is 0. The highest BCUT2D eigenvalue weighted by Gasteiger charge is 2.25. The number of fused-ring (bicyclic) bond motifs is 1. The number of hydrogen-bond acceptors (Lipinski definition) is 5. The largest absolute Gasteiger partial charge is 0.508 e. The molecule has 0 bridgehead atoms. The summed E-state index contributed by atoms with van der Waals surface area (Å²) < 4.78 is 7.03. The summed E-state index contributed by atoms with van der Waals surface area (Å²) in [5, 5.41) is 19.7. The maximum Gasteiger partial charge on any atom is 0.419 e. The second kappa shape index (κ2) is 8.84. The van der Waals surface area contributed by atoms with E-state index in [1.165, 1.54) is 0 Å². The monoisotopic (exact) mass is 396 g/mol. The number of nitrogens with zero attached hydrogens (tertiary/aromatic N) is 2. The average Bonchev–Trinajstić information content (AvgIpc) is 3.03. The topological polar surface area (TPSA) is 78.8 Å². The molecule has 0 saturated heterocycles. The maximum absolute atomic E-state index is 12.2. The highest BCUT2D eigenvalue weighted by Crippen LogP contribution is 2.25. The predicted octanol–water partition coefficient (Wildman–Crippen LogP) is 3.50. The SMILES string of the molecule is O=c1oc2ccccc2n1CCCN(Cc1cccc(O)c1)C1CCC(O)CC1. The van der Waals surface area contributed by atoms with Gasteiger partial charge < -0.3 is 14.6 Å². The Bertz CT molecular complexity index is 1000. The molecule has 4 rings (SSSR count). The van der Waals surface area contributed by atoms with Gasteiger partial charge in [0.15, 0.2) is 5.58 Å². The number of aliphatic hydroxyl groups is 1. The van der Waals surface area contributed by atoms with Crippen molar-refractivity contribution in [3.05, 3.63) is 64.6 Å². The number of aromatic nitrogens is 1. The van der Waals surface area contributed by atoms with Gasteiger partial charge in [0.25, 0.3) is 0 Å². The van der Waals surface area contributed by atoms with Crippen LogP contribution >= 0.6 is 0 Å². The molecule has 3 aromatic rings. The fourth-order valence-electron chi connectivity index (χ4n) is 4.36. The molecule has 29 heavy (non-hydrogen) atoms. The van der Waals surface area contributed by atoms with E-state index in [1.54, 1.807) is 16.7 Å². The molecule has 1 aromatic heterocycles. The Hall–Kier alpha value is -2.57. The van der Waals surface area contributed by atoms with Gasteiger partial charge in [0.05, 0.1) is 11.6 Å². The molecule has 1 saturated carbocycles. The third-order valence-electron chi connectivity index (χ3n) is 5.88. The van der Waals surface area contributed by atoms with Crippen LogP contribution in [0.4, 0.5) is 0 Å². The van der Waals surface area contributed by atoms with E-state index in [2.05, 4.69) is 4.90 Å². The molecule has 2 aromatic carbocycles. The molecule has 1 fully saturated rings. The summed E-state index contributed by atoms with van der Waals surface area (Å²) in [6.07, 6.45) is 4.22. The van der Waals surface area contributed by atoms with Crippen LogP contribution < -0.4 is 5.76 Å². The van der Waals surface area contributed by atoms with E-state index in [1.807, 2.05) is 36.4 Å². The minimum Gasteiger partial charge on any atom is -0.508 e. The Balaban J connectivity index is 1.46. The zero-order valence-electron chi connectivity index (χ0n) is 16.5. The summed E-state index contributed by atoms with van der Waals surface area (Å²) in [4.78, 5) is 14.6. The van der Waals surface area contributed by atoms with Crippen molar-refractivity contribution in [2.45, 2.75) is 57.3 Å². The van der Waals surface area contributed by atoms with Crippen molar-refractivity contribution in [3.63, 3.8) is 0 Å². The maximum atomic E-state index is 12.2. The molecule has 6 nitrogen and oxygen atoms in total. The number of para-hydroxylation sites is 2. The zero-order valence-corrected chi connectivity index (χ0v) is 16.5. The molecule has 0 unspecified atom stereocenters. The van der Waals surface area contributed by atoms with Crippen molar-refractivity contribution in [2.24, 2.45) is 0 Å². The molecule has 1 aliphatic carbocycles. The Kier molecular flexibility index (Phi) is 6.02. The van der Waals surface area contributed by atoms with Gasteiger partial charge in [-0.05, 0) is 61.9 Å². The molecule has 1 heterocycles. The van der Waals surface area contributed by atoms with Crippen LogP contribution in [0, 0.1) is 0 Å². The molecule has 0 radical (unpaired) electrons. The van der Waals surface area contributed by atoms with Gasteiger partial charge in [-0.15, -0.1) is 0 Å². The Morgan fingerprint density at radius 2 is 1.86 bits per heavy atom. The Morgan fingerprint density at radius 1 is 1.07 bits per heavy atom. The lowest BCUT2D eigenvalue weighted by Gasteiger charge is -2.36. The van der Waals surface area contributed by atoms with Crippen molar-refractivity contribution in [3.8, 4) is 5.75 Å². The van der Waals surface area contributed by atoms with Crippen LogP contribution in [0.25, 0.3) is 11.1 Å². The van der Waals surface area contributed by atoms with E-state index in [-0.39, 0.29) is 17.6 Å². The first-order chi connectivity index (χ1) is 14.1. The number of phenols is 1. The molecule has 154 valence electrons. The standard InChI is InChI=1S/C23H28N2O4/c26-19-11-9-18(10-12-19)24(16-17-5-3-6-20(27)15-17)13-4-14-25-21-7-1-2-8-22(21)29-23(25)28/h1-3,5-8,15,18-19,26-27H,4,9-14,16H2. The van der Waals surface area contributed by atoms with E-state index in [9.17, 15) is 15.0 Å². The van der Waals surface area contributed by atoms with Crippen LogP contribution in [0.2, 0.25) is 0 Å². The van der Waals surface area contributed by atoms with Gasteiger partial charge in [-0.3, -0.25) is 9.47 Å². The smallest absolute Gasteiger partial charge is 0.419 e. The number of oxazole rings is 1. The van der Waals surface area contributed by atoms with Crippen LogP contribution in [0.15, 0.2) is 57.7 Å². The Morgan fingerprint density at radius 3 is 2.66 bits per heavy atom. The van der Waals surface area contributed by atoms with Crippen LogP contribution in [0.1, 0.15) is 37.7 Å². The molecule has 0 spiro atoms. The highest BCUT2D eigenvalue weighted by atomic mass is 16.4. The zero-order chi connectivity index (χ0) is 20.2. The number of hydrogen-bond donors (Lipinski definition) is 2. The van der Waals surface area contributed by atoms with E-state index in [0.29, 0.717) is 18.2 Å². The predicted molar refractivity (Wildman–Crippen MR) is 112 cm³/mol. The van der Waals surface area contributed by atoms with E-state index in [0.717, 1.165) is 56.3 Å². The summed E-state index contributed by atoms with van der Waals surface area (Å²) in [6.45, 7) is 2.18. The van der Waals surface area contributed by atoms with Crippen LogP contribution in [0.5, 0.6) is 5.75 Å². The second-order valence-electron chi connectivity index (χ2n) is 7.94. The lowest BCUT2D eigenvalue weighted by molar-refractivity contribution is 0.0690. The molecule has 0 amide bonds. The minimum atomic E-state index is -0.313. The lowest BCUT2D eigenvalue weighted by atomic mass is 9.91. The van der Waals surface area contributed by atoms with E-state index in [4.69, 9.17) is 4.42 Å². The third-order valence-corrected chi connectivity index (χ3v) is 5.88. The van der Waals surface area contributed by atoms with Crippen LogP contribution in [-0.4, -0.2) is 38.4 Å². The van der Waals surface area contributed by atoms with E-state index >= 15 is 0 Å². The molecule has 0 atom stereocenters. The van der Waals surface area contributed by atoms with Gasteiger partial charge in [-0.25, -0.2) is 4.79 Å². The van der Waals surface area contributed by atoms with Crippen molar-refractivity contribution in [1.82, 2.24) is 9.47 Å². The molecule has 1 aliphatic rings. The Labute approximate surface area is 170 Å². The summed E-state index contributed by atoms with van der Waals surface area (Å²) in [5.74, 6) is -0.0375. The normalized spacial score (nSPS) is 19.8. The first-order valence-electron chi connectivity index (χ1n) is 10.4. The number of aliphatic hydroxyl groups excluding tert-OH is 1. The second-order valence-corrected chi connectivity index (χ2v) is 7.94. The van der Waals surface area contributed by atoms with Gasteiger partial charge in [0.2, 0.25) is 0 Å².